The van der Waals surface area contributed by atoms with Crippen LogP contribution >= 0.6 is 0 Å². The summed E-state index contributed by atoms with van der Waals surface area (Å²) >= 11 is 0. The molecule has 2 aromatic rings. The van der Waals surface area contributed by atoms with Gasteiger partial charge in [-0.15, -0.1) is 0 Å². The number of nitriles is 1. The molecule has 2 rings (SSSR count). The van der Waals surface area contributed by atoms with Crippen molar-refractivity contribution in [1.82, 2.24) is 0 Å². The second-order valence-corrected chi connectivity index (χ2v) is 5.87. The van der Waals surface area contributed by atoms with Gasteiger partial charge in [0.15, 0.2) is 6.54 Å². The van der Waals surface area contributed by atoms with E-state index in [1.807, 2.05) is 26.1 Å². The van der Waals surface area contributed by atoms with Gasteiger partial charge in [-0.25, -0.2) is 0 Å². The molecule has 0 aromatic heterocycles. The van der Waals surface area contributed by atoms with Gasteiger partial charge < -0.3 is 15.0 Å². The van der Waals surface area contributed by atoms with Gasteiger partial charge in [0.2, 0.25) is 0 Å². The van der Waals surface area contributed by atoms with Crippen LogP contribution in [0.25, 0.3) is 0 Å². The number of nitrogens with zero attached hydrogens (tertiary/aromatic N) is 1. The van der Waals surface area contributed by atoms with Crippen molar-refractivity contribution in [2.24, 2.45) is 0 Å². The molecule has 5 nitrogen and oxygen atoms in total. The summed E-state index contributed by atoms with van der Waals surface area (Å²) in [6.45, 7) is 3.05. The highest BCUT2D eigenvalue weighted by Crippen LogP contribution is 2.18. The van der Waals surface area contributed by atoms with Gasteiger partial charge in [0.1, 0.15) is 12.3 Å². The summed E-state index contributed by atoms with van der Waals surface area (Å²) in [5.74, 6) is 0.747. The van der Waals surface area contributed by atoms with Gasteiger partial charge >= 0.3 is 0 Å². The second-order valence-electron chi connectivity index (χ2n) is 5.87. The van der Waals surface area contributed by atoms with E-state index in [2.05, 4.69) is 17.5 Å². The number of aryl methyl sites for hydroxylation is 1. The Labute approximate surface area is 142 Å². The van der Waals surface area contributed by atoms with E-state index < -0.39 is 0 Å². The van der Waals surface area contributed by atoms with Crippen molar-refractivity contribution in [1.29, 1.82) is 5.26 Å². The number of rotatable bonds is 6. The van der Waals surface area contributed by atoms with E-state index >= 15 is 0 Å². The van der Waals surface area contributed by atoms with Crippen LogP contribution in [0.5, 0.6) is 5.75 Å². The van der Waals surface area contributed by atoms with Crippen LogP contribution in [0.2, 0.25) is 0 Å². The third-order valence-electron chi connectivity index (χ3n) is 3.67. The van der Waals surface area contributed by atoms with Crippen molar-refractivity contribution in [2.75, 3.05) is 26.0 Å². The van der Waals surface area contributed by atoms with Crippen molar-refractivity contribution in [3.8, 4) is 11.8 Å². The number of hydrogen-bond acceptors (Lipinski definition) is 3. The van der Waals surface area contributed by atoms with Crippen LogP contribution in [0, 0.1) is 18.3 Å². The van der Waals surface area contributed by atoms with Crippen molar-refractivity contribution in [3.05, 3.63) is 59.2 Å². The number of amides is 1. The van der Waals surface area contributed by atoms with Crippen molar-refractivity contribution < 1.29 is 14.4 Å². The molecule has 0 radical (unpaired) electrons. The second kappa shape index (κ2) is 8.14. The molecule has 0 bridgehead atoms. The quantitative estimate of drug-likeness (QED) is 0.847. The normalized spacial score (nSPS) is 11.4. The third kappa shape index (κ3) is 4.83. The summed E-state index contributed by atoms with van der Waals surface area (Å²) in [5, 5.41) is 11.7. The summed E-state index contributed by atoms with van der Waals surface area (Å²) in [6.07, 6.45) is 0. The predicted molar refractivity (Wildman–Crippen MR) is 93.0 cm³/mol. The van der Waals surface area contributed by atoms with Gasteiger partial charge in [0.25, 0.3) is 5.91 Å². The molecule has 1 atom stereocenters. The van der Waals surface area contributed by atoms with Crippen LogP contribution in [-0.2, 0) is 11.3 Å². The van der Waals surface area contributed by atoms with Gasteiger partial charge in [0.05, 0.1) is 25.8 Å². The van der Waals surface area contributed by atoms with Gasteiger partial charge in [-0.2, -0.15) is 5.26 Å². The predicted octanol–water partition coefficient (Wildman–Crippen LogP) is 1.53. The van der Waals surface area contributed by atoms with Gasteiger partial charge in [-0.05, 0) is 37.3 Å². The van der Waals surface area contributed by atoms with Crippen LogP contribution < -0.4 is 15.0 Å². The maximum atomic E-state index is 12.2. The Balaban J connectivity index is 1.97. The number of carbonyl (C=O) groups is 1. The number of methoxy groups -OCH3 is 1. The minimum Gasteiger partial charge on any atom is -0.496 e. The Morgan fingerprint density at radius 1 is 1.29 bits per heavy atom. The highest BCUT2D eigenvalue weighted by molar-refractivity contribution is 5.91. The van der Waals surface area contributed by atoms with Gasteiger partial charge in [0, 0.05) is 11.3 Å². The number of benzene rings is 2. The van der Waals surface area contributed by atoms with E-state index in [-0.39, 0.29) is 5.91 Å². The Kier molecular flexibility index (Phi) is 5.94. The number of likely N-dealkylation sites (N-methyl/N-ethyl adjacent to an activating group) is 1. The number of ether oxygens (including phenoxy) is 1. The SMILES string of the molecule is COc1ccc(C)cc1C[NH+](C)CC(=O)Nc1cccc(C#N)c1. The zero-order valence-corrected chi connectivity index (χ0v) is 14.2. The molecule has 0 fully saturated rings. The molecule has 2 aromatic carbocycles. The smallest absolute Gasteiger partial charge is 0.279 e. The molecule has 24 heavy (non-hydrogen) atoms. The van der Waals surface area contributed by atoms with E-state index in [9.17, 15) is 4.79 Å². The lowest BCUT2D eigenvalue weighted by Crippen LogP contribution is -3.08. The van der Waals surface area contributed by atoms with Gasteiger partial charge in [-0.1, -0.05) is 17.7 Å². The minimum atomic E-state index is -0.0887. The first-order valence-corrected chi connectivity index (χ1v) is 7.76. The highest BCUT2D eigenvalue weighted by Gasteiger charge is 2.14. The Hall–Kier alpha value is -2.84. The van der Waals surface area contributed by atoms with Crippen molar-refractivity contribution >= 4 is 11.6 Å². The lowest BCUT2D eigenvalue weighted by atomic mass is 10.1. The first-order valence-electron chi connectivity index (χ1n) is 7.76. The standard InChI is InChI=1S/C19H21N3O2/c1-14-7-8-18(24-3)16(9-14)12-22(2)13-19(23)21-17-6-4-5-15(10-17)11-20/h4-10H,12-13H2,1-3H3,(H,21,23)/p+1. The summed E-state index contributed by atoms with van der Waals surface area (Å²) in [7, 11) is 3.62. The topological polar surface area (TPSA) is 66.6 Å². The van der Waals surface area contributed by atoms with Crippen molar-refractivity contribution in [2.45, 2.75) is 13.5 Å². The molecule has 1 amide bonds. The Morgan fingerprint density at radius 3 is 2.79 bits per heavy atom. The lowest BCUT2D eigenvalue weighted by Gasteiger charge is -2.16. The zero-order chi connectivity index (χ0) is 17.5. The Morgan fingerprint density at radius 2 is 2.08 bits per heavy atom. The summed E-state index contributed by atoms with van der Waals surface area (Å²) in [5.41, 5.74) is 3.41. The largest absolute Gasteiger partial charge is 0.496 e. The van der Waals surface area contributed by atoms with Crippen LogP contribution in [0.15, 0.2) is 42.5 Å². The van der Waals surface area contributed by atoms with E-state index in [1.54, 1.807) is 31.4 Å². The van der Waals surface area contributed by atoms with E-state index in [0.717, 1.165) is 21.8 Å². The van der Waals surface area contributed by atoms with Crippen LogP contribution in [0.4, 0.5) is 5.69 Å². The summed E-state index contributed by atoms with van der Waals surface area (Å²) in [4.78, 5) is 13.2. The molecule has 0 heterocycles. The van der Waals surface area contributed by atoms with Crippen LogP contribution in [-0.4, -0.2) is 26.6 Å². The molecule has 0 saturated carbocycles. The number of anilines is 1. The molecule has 2 N–H and O–H groups in total. The third-order valence-corrected chi connectivity index (χ3v) is 3.67. The maximum Gasteiger partial charge on any atom is 0.279 e. The van der Waals surface area contributed by atoms with Crippen LogP contribution in [0.1, 0.15) is 16.7 Å². The minimum absolute atomic E-state index is 0.0887. The number of hydrogen-bond donors (Lipinski definition) is 2. The molecule has 0 aliphatic rings. The van der Waals surface area contributed by atoms with E-state index in [1.165, 1.54) is 0 Å². The molecule has 5 heteroatoms. The average molecular weight is 324 g/mol. The number of carbonyl (C=O) groups excluding carboxylic acids is 1. The fraction of sp³-hybridized carbons (Fsp3) is 0.263. The fourth-order valence-corrected chi connectivity index (χ4v) is 2.58. The average Bonchev–Trinajstić information content (AvgIpc) is 2.55. The Bertz CT molecular complexity index is 765. The van der Waals surface area contributed by atoms with E-state index in [4.69, 9.17) is 10.00 Å². The number of nitrogens with one attached hydrogen (secondary N) is 2. The number of quaternary nitrogens is 1. The molecule has 0 aliphatic heterocycles. The molecular weight excluding hydrogens is 302 g/mol. The summed E-state index contributed by atoms with van der Waals surface area (Å²) in [6, 6.07) is 15.0. The molecule has 124 valence electrons. The molecule has 0 saturated heterocycles. The monoisotopic (exact) mass is 324 g/mol. The van der Waals surface area contributed by atoms with Crippen molar-refractivity contribution in [3.63, 3.8) is 0 Å². The lowest BCUT2D eigenvalue weighted by molar-refractivity contribution is -0.885. The van der Waals surface area contributed by atoms with Crippen LogP contribution in [0.3, 0.4) is 0 Å². The first-order chi connectivity index (χ1) is 11.5. The molecule has 0 spiro atoms. The van der Waals surface area contributed by atoms with Gasteiger partial charge in [-0.3, -0.25) is 4.79 Å². The molecular formula is C19H22N3O2+. The van der Waals surface area contributed by atoms with E-state index in [0.29, 0.717) is 24.3 Å². The molecule has 0 aliphatic carbocycles. The zero-order valence-electron chi connectivity index (χ0n) is 14.2. The first kappa shape index (κ1) is 17.5. The maximum absolute atomic E-state index is 12.2. The highest BCUT2D eigenvalue weighted by atomic mass is 16.5. The fourth-order valence-electron chi connectivity index (χ4n) is 2.58. The molecule has 1 unspecified atom stereocenters. The summed E-state index contributed by atoms with van der Waals surface area (Å²) < 4.78 is 5.38.